The van der Waals surface area contributed by atoms with Crippen molar-refractivity contribution in [3.63, 3.8) is 0 Å². The van der Waals surface area contributed by atoms with E-state index in [1.54, 1.807) is 11.4 Å². The molecule has 1 aromatic carbocycles. The summed E-state index contributed by atoms with van der Waals surface area (Å²) in [5.41, 5.74) is 1.53. The Morgan fingerprint density at radius 3 is 2.76 bits per heavy atom. The molecule has 0 bridgehead atoms. The normalized spacial score (nSPS) is 16.3. The smallest absolute Gasteiger partial charge is 0.395 e. The molecule has 4 heterocycles. The van der Waals surface area contributed by atoms with Crippen LogP contribution in [0.25, 0.3) is 0 Å². The molecule has 202 valence electrons. The number of amides is 1. The van der Waals surface area contributed by atoms with Crippen LogP contribution < -0.4 is 25.4 Å². The maximum absolute atomic E-state index is 13.3. The van der Waals surface area contributed by atoms with E-state index in [2.05, 4.69) is 40.3 Å². The molecule has 5 rings (SSSR count). The monoisotopic (exact) mass is 566 g/mol. The minimum absolute atomic E-state index is 0.0963. The van der Waals surface area contributed by atoms with Gasteiger partial charge >= 0.3 is 6.29 Å². The van der Waals surface area contributed by atoms with Crippen molar-refractivity contribution in [2.45, 2.75) is 19.3 Å². The van der Waals surface area contributed by atoms with E-state index in [9.17, 15) is 13.6 Å². The van der Waals surface area contributed by atoms with E-state index in [-0.39, 0.29) is 16.8 Å². The lowest BCUT2D eigenvalue weighted by atomic mass is 10.2. The van der Waals surface area contributed by atoms with Crippen LogP contribution in [-0.4, -0.2) is 66.5 Å². The highest BCUT2D eigenvalue weighted by atomic mass is 35.5. The number of carbonyl (C=O) groups excluding carboxylic acids is 1. The SMILES string of the molecule is O=C(Nc1ccc2c(c1)OC(F)(F)O2)c1sccc1NCc1cc(NCCCN2CCOCC2)nc(Cl)n1. The standard InChI is InChI=1S/C24H25ClF2N6O4S/c25-23-31-16(13-20(32-23)28-5-1-6-33-7-9-35-10-8-33)14-29-17-4-11-38-21(17)22(34)30-15-2-3-18-19(12-15)37-24(26,27)36-18/h2-4,11-13,29H,1,5-10,14H2,(H,30,34)(H,28,31,32). The van der Waals surface area contributed by atoms with Crippen LogP contribution in [0.2, 0.25) is 5.28 Å². The van der Waals surface area contributed by atoms with Gasteiger partial charge < -0.3 is 30.2 Å². The molecule has 0 radical (unpaired) electrons. The summed E-state index contributed by atoms with van der Waals surface area (Å²) in [7, 11) is 0. The van der Waals surface area contributed by atoms with Gasteiger partial charge in [0.05, 0.1) is 31.1 Å². The van der Waals surface area contributed by atoms with Crippen molar-refractivity contribution in [3.05, 3.63) is 51.6 Å². The van der Waals surface area contributed by atoms with E-state index < -0.39 is 12.2 Å². The van der Waals surface area contributed by atoms with Crippen LogP contribution in [0, 0.1) is 0 Å². The first-order valence-electron chi connectivity index (χ1n) is 11.9. The van der Waals surface area contributed by atoms with Crippen LogP contribution in [-0.2, 0) is 11.3 Å². The Labute approximate surface area is 226 Å². The van der Waals surface area contributed by atoms with Crippen molar-refractivity contribution >= 4 is 46.0 Å². The third kappa shape index (κ3) is 6.78. The molecule has 1 saturated heterocycles. The Morgan fingerprint density at radius 2 is 1.92 bits per heavy atom. The number of ether oxygens (including phenoxy) is 3. The maximum atomic E-state index is 13.3. The van der Waals surface area contributed by atoms with Gasteiger partial charge in [-0.2, -0.15) is 0 Å². The van der Waals surface area contributed by atoms with Gasteiger partial charge in [0.25, 0.3) is 5.91 Å². The highest BCUT2D eigenvalue weighted by Crippen LogP contribution is 2.42. The van der Waals surface area contributed by atoms with E-state index in [1.165, 1.54) is 29.5 Å². The largest absolute Gasteiger partial charge is 0.586 e. The van der Waals surface area contributed by atoms with Gasteiger partial charge in [0.15, 0.2) is 11.5 Å². The van der Waals surface area contributed by atoms with Crippen LogP contribution in [0.15, 0.2) is 35.7 Å². The number of hydrogen-bond donors (Lipinski definition) is 3. The average molecular weight is 567 g/mol. The van der Waals surface area contributed by atoms with Crippen molar-refractivity contribution in [1.82, 2.24) is 14.9 Å². The first-order chi connectivity index (χ1) is 18.3. The van der Waals surface area contributed by atoms with Crippen molar-refractivity contribution in [3.8, 4) is 11.5 Å². The number of anilines is 3. The molecule has 3 N–H and O–H groups in total. The predicted molar refractivity (Wildman–Crippen MR) is 140 cm³/mol. The minimum Gasteiger partial charge on any atom is -0.395 e. The van der Waals surface area contributed by atoms with E-state index >= 15 is 0 Å². The molecule has 0 unspecified atom stereocenters. The average Bonchev–Trinajstić information content (AvgIpc) is 3.48. The molecule has 2 aliphatic rings. The second kappa shape index (κ2) is 11.6. The number of hydrogen-bond acceptors (Lipinski definition) is 10. The fourth-order valence-electron chi connectivity index (χ4n) is 4.01. The van der Waals surface area contributed by atoms with Crippen LogP contribution in [0.5, 0.6) is 11.5 Å². The molecule has 2 aliphatic heterocycles. The van der Waals surface area contributed by atoms with Crippen LogP contribution in [0.3, 0.4) is 0 Å². The fraction of sp³-hybridized carbons (Fsp3) is 0.375. The molecule has 0 atom stereocenters. The first kappa shape index (κ1) is 26.4. The Hall–Kier alpha value is -3.26. The third-order valence-corrected chi connectivity index (χ3v) is 6.89. The first-order valence-corrected chi connectivity index (χ1v) is 13.2. The van der Waals surface area contributed by atoms with Crippen LogP contribution in [0.1, 0.15) is 21.8 Å². The number of carbonyl (C=O) groups is 1. The highest BCUT2D eigenvalue weighted by Gasteiger charge is 2.43. The third-order valence-electron chi connectivity index (χ3n) is 5.80. The maximum Gasteiger partial charge on any atom is 0.586 e. The number of thiophene rings is 1. The number of aromatic nitrogens is 2. The summed E-state index contributed by atoms with van der Waals surface area (Å²) in [5.74, 6) is -0.0265. The summed E-state index contributed by atoms with van der Waals surface area (Å²) in [6, 6.07) is 7.63. The summed E-state index contributed by atoms with van der Waals surface area (Å²) in [5, 5.41) is 11.1. The number of rotatable bonds is 10. The van der Waals surface area contributed by atoms with Gasteiger partial charge in [-0.3, -0.25) is 9.69 Å². The molecule has 14 heteroatoms. The topological polar surface area (TPSA) is 110 Å². The molecule has 1 amide bonds. The summed E-state index contributed by atoms with van der Waals surface area (Å²) in [6.07, 6.45) is -2.77. The molecule has 3 aromatic rings. The van der Waals surface area contributed by atoms with Crippen LogP contribution in [0.4, 0.5) is 26.0 Å². The molecule has 0 saturated carbocycles. The summed E-state index contributed by atoms with van der Waals surface area (Å²) in [6.45, 7) is 5.48. The number of halogens is 3. The van der Waals surface area contributed by atoms with Gasteiger partial charge in [-0.05, 0) is 48.1 Å². The lowest BCUT2D eigenvalue weighted by molar-refractivity contribution is -0.286. The summed E-state index contributed by atoms with van der Waals surface area (Å²) >= 11 is 7.37. The van der Waals surface area contributed by atoms with Gasteiger partial charge in [-0.15, -0.1) is 20.1 Å². The quantitative estimate of drug-likeness (QED) is 0.241. The Morgan fingerprint density at radius 1 is 1.11 bits per heavy atom. The zero-order valence-corrected chi connectivity index (χ0v) is 21.7. The zero-order chi connectivity index (χ0) is 26.5. The van der Waals surface area contributed by atoms with Crippen molar-refractivity contribution in [2.24, 2.45) is 0 Å². The molecule has 38 heavy (non-hydrogen) atoms. The predicted octanol–water partition coefficient (Wildman–Crippen LogP) is 4.51. The second-order valence-corrected chi connectivity index (χ2v) is 9.80. The number of fused-ring (bicyclic) bond motifs is 1. The van der Waals surface area contributed by atoms with Gasteiger partial charge in [-0.1, -0.05) is 0 Å². The number of nitrogens with one attached hydrogen (secondary N) is 3. The van der Waals surface area contributed by atoms with Crippen molar-refractivity contribution in [2.75, 3.05) is 55.3 Å². The molecule has 0 aliphatic carbocycles. The highest BCUT2D eigenvalue weighted by molar-refractivity contribution is 7.12. The molecule has 2 aromatic heterocycles. The Kier molecular flexibility index (Phi) is 8.07. The van der Waals surface area contributed by atoms with E-state index in [0.717, 1.165) is 45.8 Å². The second-order valence-electron chi connectivity index (χ2n) is 8.55. The molecular formula is C24H25ClF2N6O4S. The molecule has 10 nitrogen and oxygen atoms in total. The number of alkyl halides is 2. The van der Waals surface area contributed by atoms with Gasteiger partial charge in [0.2, 0.25) is 5.28 Å². The minimum atomic E-state index is -3.72. The van der Waals surface area contributed by atoms with Gasteiger partial charge in [0, 0.05) is 37.5 Å². The fourth-order valence-corrected chi connectivity index (χ4v) is 4.98. The van der Waals surface area contributed by atoms with Gasteiger partial charge in [-0.25, -0.2) is 9.97 Å². The van der Waals surface area contributed by atoms with Crippen LogP contribution >= 0.6 is 22.9 Å². The molecular weight excluding hydrogens is 542 g/mol. The van der Waals surface area contributed by atoms with Gasteiger partial charge in [0.1, 0.15) is 10.7 Å². The van der Waals surface area contributed by atoms with E-state index in [0.29, 0.717) is 34.3 Å². The number of morpholine rings is 1. The summed E-state index contributed by atoms with van der Waals surface area (Å²) in [4.78, 5) is 24.2. The molecule has 0 spiro atoms. The van der Waals surface area contributed by atoms with Crippen molar-refractivity contribution in [1.29, 1.82) is 0 Å². The zero-order valence-electron chi connectivity index (χ0n) is 20.1. The van der Waals surface area contributed by atoms with Crippen molar-refractivity contribution < 1.29 is 27.8 Å². The summed E-state index contributed by atoms with van der Waals surface area (Å²) < 4.78 is 40.7. The Bertz CT molecular complexity index is 1290. The molecule has 1 fully saturated rings. The van der Waals surface area contributed by atoms with E-state index in [1.807, 2.05) is 6.07 Å². The number of benzene rings is 1. The lowest BCUT2D eigenvalue weighted by Gasteiger charge is -2.26. The van der Waals surface area contributed by atoms with E-state index in [4.69, 9.17) is 16.3 Å². The Balaban J connectivity index is 1.15. The number of nitrogens with zero attached hydrogens (tertiary/aromatic N) is 3. The lowest BCUT2D eigenvalue weighted by Crippen LogP contribution is -2.37.